The van der Waals surface area contributed by atoms with Crippen LogP contribution >= 0.6 is 0 Å². The van der Waals surface area contributed by atoms with Crippen LogP contribution < -0.4 is 0 Å². The molecule has 0 heterocycles. The van der Waals surface area contributed by atoms with Gasteiger partial charge >= 0.3 is 116 Å². The second kappa shape index (κ2) is 16.5. The molecule has 0 spiro atoms. The summed E-state index contributed by atoms with van der Waals surface area (Å²) in [5.41, 5.74) is 0. The Kier molecular flexibility index (Phi) is 17.0. The van der Waals surface area contributed by atoms with Crippen molar-refractivity contribution in [1.29, 1.82) is 0 Å². The molecule has 0 radical (unpaired) electrons. The third kappa shape index (κ3) is 16.5. The fourth-order valence-electron chi connectivity index (χ4n) is 2.04. The van der Waals surface area contributed by atoms with Crippen molar-refractivity contribution in [3.63, 3.8) is 0 Å². The van der Waals surface area contributed by atoms with Gasteiger partial charge in [0.1, 0.15) is 0 Å². The van der Waals surface area contributed by atoms with Gasteiger partial charge in [0.15, 0.2) is 0 Å². The Labute approximate surface area is 116 Å². The van der Waals surface area contributed by atoms with Crippen molar-refractivity contribution < 1.29 is 0 Å². The fourth-order valence-corrected chi connectivity index (χ4v) is 4.36. The summed E-state index contributed by atoms with van der Waals surface area (Å²) in [4.78, 5) is 0. The zero-order valence-electron chi connectivity index (χ0n) is 12.3. The Morgan fingerprint density at radius 1 is 0.471 bits per heavy atom. The van der Waals surface area contributed by atoms with Gasteiger partial charge in [-0.1, -0.05) is 0 Å². The van der Waals surface area contributed by atoms with Crippen molar-refractivity contribution in [2.45, 2.75) is 102 Å². The molecule has 0 N–H and O–H groups in total. The Hall–Kier alpha value is 0.519. The molecule has 0 aliphatic carbocycles. The van der Waals surface area contributed by atoms with Crippen LogP contribution in [0.4, 0.5) is 0 Å². The third-order valence-corrected chi connectivity index (χ3v) is 5.71. The van der Waals surface area contributed by atoms with Gasteiger partial charge in [-0.3, -0.25) is 0 Å². The Balaban J connectivity index is 2.85. The standard InChI is InChI=1S/C16H34Se/c1-3-5-7-8-9-10-11-12-13-14-16-17-15-6-4-2/h3-16H2,1-2H3. The molecular formula is C16H34Se. The van der Waals surface area contributed by atoms with E-state index in [-0.39, 0.29) is 0 Å². The zero-order valence-corrected chi connectivity index (χ0v) is 14.0. The van der Waals surface area contributed by atoms with E-state index in [1.807, 2.05) is 0 Å². The van der Waals surface area contributed by atoms with Crippen LogP contribution in [0.3, 0.4) is 0 Å². The average molecular weight is 305 g/mol. The van der Waals surface area contributed by atoms with Crippen molar-refractivity contribution >= 4 is 15.0 Å². The first-order valence-electron chi connectivity index (χ1n) is 7.99. The molecule has 1 heteroatoms. The van der Waals surface area contributed by atoms with Crippen LogP contribution in [0.25, 0.3) is 0 Å². The molecule has 0 amide bonds. The molecule has 0 nitrogen and oxygen atoms in total. The molecule has 0 aromatic carbocycles. The Bertz CT molecular complexity index is 109. The minimum absolute atomic E-state index is 0.968. The van der Waals surface area contributed by atoms with E-state index in [1.54, 1.807) is 5.32 Å². The third-order valence-electron chi connectivity index (χ3n) is 3.28. The summed E-state index contributed by atoms with van der Waals surface area (Å²) in [7, 11) is 0. The molecule has 0 bridgehead atoms. The van der Waals surface area contributed by atoms with Gasteiger partial charge in [0, 0.05) is 0 Å². The van der Waals surface area contributed by atoms with Crippen LogP contribution in [-0.4, -0.2) is 15.0 Å². The van der Waals surface area contributed by atoms with E-state index in [0.717, 1.165) is 15.0 Å². The molecule has 104 valence electrons. The van der Waals surface area contributed by atoms with E-state index in [2.05, 4.69) is 13.8 Å². The SMILES string of the molecule is CCCCCCCCCCCC[Se]CCCC. The summed E-state index contributed by atoms with van der Waals surface area (Å²) in [6, 6.07) is 0. The summed E-state index contributed by atoms with van der Waals surface area (Å²) in [6.07, 6.45) is 17.6. The normalized spacial score (nSPS) is 10.9. The quantitative estimate of drug-likeness (QED) is 0.263. The molecule has 0 rings (SSSR count). The number of rotatable bonds is 14. The van der Waals surface area contributed by atoms with Crippen molar-refractivity contribution in [1.82, 2.24) is 0 Å². The predicted octanol–water partition coefficient (Wildman–Crippen LogP) is 6.25. The van der Waals surface area contributed by atoms with E-state index in [4.69, 9.17) is 0 Å². The van der Waals surface area contributed by atoms with E-state index < -0.39 is 0 Å². The van der Waals surface area contributed by atoms with Crippen molar-refractivity contribution in [2.75, 3.05) is 0 Å². The Morgan fingerprint density at radius 3 is 1.41 bits per heavy atom. The van der Waals surface area contributed by atoms with Gasteiger partial charge < -0.3 is 0 Å². The molecule has 0 aliphatic heterocycles. The maximum absolute atomic E-state index is 2.30. The fraction of sp³-hybridized carbons (Fsp3) is 1.00. The van der Waals surface area contributed by atoms with Crippen molar-refractivity contribution in [3.05, 3.63) is 0 Å². The second-order valence-corrected chi connectivity index (χ2v) is 7.72. The van der Waals surface area contributed by atoms with Crippen LogP contribution in [0.2, 0.25) is 10.6 Å². The van der Waals surface area contributed by atoms with Crippen LogP contribution in [0.15, 0.2) is 0 Å². The van der Waals surface area contributed by atoms with Crippen LogP contribution in [-0.2, 0) is 0 Å². The minimum atomic E-state index is 0.968. The first kappa shape index (κ1) is 17.5. The molecule has 0 unspecified atom stereocenters. The number of hydrogen-bond donors (Lipinski definition) is 0. The molecule has 0 saturated carbocycles. The van der Waals surface area contributed by atoms with Crippen LogP contribution in [0, 0.1) is 0 Å². The molecule has 17 heavy (non-hydrogen) atoms. The Morgan fingerprint density at radius 2 is 0.882 bits per heavy atom. The van der Waals surface area contributed by atoms with Gasteiger partial charge in [0.2, 0.25) is 0 Å². The van der Waals surface area contributed by atoms with Crippen molar-refractivity contribution in [2.24, 2.45) is 0 Å². The summed E-state index contributed by atoms with van der Waals surface area (Å²) < 4.78 is 0. The van der Waals surface area contributed by atoms with Gasteiger partial charge in [-0.25, -0.2) is 0 Å². The predicted molar refractivity (Wildman–Crippen MR) is 82.1 cm³/mol. The molecule has 0 atom stereocenters. The van der Waals surface area contributed by atoms with E-state index in [0.29, 0.717) is 0 Å². The van der Waals surface area contributed by atoms with E-state index in [1.165, 1.54) is 82.4 Å². The average Bonchev–Trinajstić information content (AvgIpc) is 2.35. The number of hydrogen-bond acceptors (Lipinski definition) is 0. The van der Waals surface area contributed by atoms with Gasteiger partial charge in [-0.2, -0.15) is 0 Å². The van der Waals surface area contributed by atoms with Crippen molar-refractivity contribution in [3.8, 4) is 0 Å². The number of unbranched alkanes of at least 4 members (excludes halogenated alkanes) is 10. The maximum atomic E-state index is 2.30. The summed E-state index contributed by atoms with van der Waals surface area (Å²) in [5.74, 6) is 0. The van der Waals surface area contributed by atoms with Gasteiger partial charge in [0.25, 0.3) is 0 Å². The molecular weight excluding hydrogens is 271 g/mol. The first-order valence-corrected chi connectivity index (χ1v) is 10.4. The second-order valence-electron chi connectivity index (χ2n) is 5.15. The first-order chi connectivity index (χ1) is 8.41. The molecule has 0 aromatic rings. The topological polar surface area (TPSA) is 0 Å². The van der Waals surface area contributed by atoms with E-state index in [9.17, 15) is 0 Å². The molecule has 0 aromatic heterocycles. The molecule has 0 aliphatic rings. The van der Waals surface area contributed by atoms with Crippen LogP contribution in [0.5, 0.6) is 0 Å². The summed E-state index contributed by atoms with van der Waals surface area (Å²) in [5, 5.41) is 3.07. The zero-order chi connectivity index (χ0) is 12.6. The van der Waals surface area contributed by atoms with Gasteiger partial charge in [-0.15, -0.1) is 0 Å². The summed E-state index contributed by atoms with van der Waals surface area (Å²) in [6.45, 7) is 4.60. The van der Waals surface area contributed by atoms with Crippen LogP contribution in [0.1, 0.15) is 90.9 Å². The monoisotopic (exact) mass is 306 g/mol. The van der Waals surface area contributed by atoms with Gasteiger partial charge in [-0.05, 0) is 0 Å². The molecule has 0 fully saturated rings. The molecule has 0 saturated heterocycles. The van der Waals surface area contributed by atoms with E-state index >= 15 is 0 Å². The summed E-state index contributed by atoms with van der Waals surface area (Å²) >= 11 is 0.968. The van der Waals surface area contributed by atoms with Gasteiger partial charge in [0.05, 0.1) is 0 Å².